The van der Waals surface area contributed by atoms with Crippen LogP contribution in [0.5, 0.6) is 0 Å². The van der Waals surface area contributed by atoms with Gasteiger partial charge in [-0.3, -0.25) is 29.4 Å². The fourth-order valence-corrected chi connectivity index (χ4v) is 14.5. The summed E-state index contributed by atoms with van der Waals surface area (Å²) in [5.74, 6) is 5.86. The molecule has 11 heteroatoms. The Morgan fingerprint density at radius 2 is 0.910 bits per heavy atom. The summed E-state index contributed by atoms with van der Waals surface area (Å²) in [6.07, 6.45) is 12.9. The topological polar surface area (TPSA) is 70.8 Å². The number of nitrogens with zero attached hydrogens (tertiary/aromatic N) is 7. The lowest BCUT2D eigenvalue weighted by Crippen LogP contribution is -2.56. The van der Waals surface area contributed by atoms with Gasteiger partial charge in [-0.05, 0) is 210 Å². The second-order valence-electron chi connectivity index (χ2n) is 25.5. The second-order valence-corrected chi connectivity index (χ2v) is 25.5. The van der Waals surface area contributed by atoms with E-state index in [1.54, 1.807) is 0 Å². The zero-order chi connectivity index (χ0) is 47.8. The van der Waals surface area contributed by atoms with Gasteiger partial charge in [-0.25, -0.2) is 0 Å². The SMILES string of the molecule is CC(C)N1CC2CCCC21.CC(C)N1CC2CCNC2C1.CC(C)N1CC2CNC2C1.CC(C)N1CC2CNCC2C1.CC(C)N1CCCC2CNCCC21.CC(C)N1CCN2CCCC2C1. The van der Waals surface area contributed by atoms with Crippen LogP contribution in [0.1, 0.15) is 141 Å². The highest BCUT2D eigenvalue weighted by Gasteiger charge is 2.43. The highest BCUT2D eigenvalue weighted by molar-refractivity contribution is 4.99. The van der Waals surface area contributed by atoms with Crippen LogP contribution >= 0.6 is 0 Å². The smallest absolute Gasteiger partial charge is 0.0247 e. The third-order valence-electron chi connectivity index (χ3n) is 19.3. The van der Waals surface area contributed by atoms with Crippen molar-refractivity contribution in [3.05, 3.63) is 0 Å². The normalized spacial score (nSPS) is 37.4. The van der Waals surface area contributed by atoms with E-state index in [9.17, 15) is 0 Å². The molecule has 12 fully saturated rings. The van der Waals surface area contributed by atoms with Gasteiger partial charge in [0.1, 0.15) is 0 Å². The molecule has 0 amide bonds. The average molecular weight is 939 g/mol. The number of rotatable bonds is 6. The molecule has 11 aliphatic heterocycles. The van der Waals surface area contributed by atoms with Gasteiger partial charge in [0.05, 0.1) is 0 Å². The molecule has 0 aromatic heterocycles. The van der Waals surface area contributed by atoms with Gasteiger partial charge in [-0.15, -0.1) is 0 Å². The molecule has 0 spiro atoms. The van der Waals surface area contributed by atoms with Crippen LogP contribution in [-0.2, 0) is 0 Å². The van der Waals surface area contributed by atoms with Crippen molar-refractivity contribution >= 4 is 0 Å². The van der Waals surface area contributed by atoms with E-state index in [-0.39, 0.29) is 0 Å². The van der Waals surface area contributed by atoms with Crippen LogP contribution in [0.4, 0.5) is 0 Å². The average Bonchev–Trinajstić information content (AvgIpc) is 4.15. The van der Waals surface area contributed by atoms with E-state index in [0.29, 0.717) is 0 Å². The van der Waals surface area contributed by atoms with Gasteiger partial charge in [0.15, 0.2) is 0 Å². The van der Waals surface area contributed by atoms with E-state index < -0.39 is 0 Å². The minimum Gasteiger partial charge on any atom is -0.316 e. The fourth-order valence-electron chi connectivity index (χ4n) is 14.5. The summed E-state index contributed by atoms with van der Waals surface area (Å²) in [7, 11) is 0. The van der Waals surface area contributed by atoms with Crippen molar-refractivity contribution in [2.24, 2.45) is 35.5 Å². The maximum absolute atomic E-state index is 3.56. The van der Waals surface area contributed by atoms with Gasteiger partial charge in [0.2, 0.25) is 0 Å². The number of nitrogens with one attached hydrogen (secondary N) is 4. The number of likely N-dealkylation sites (tertiary alicyclic amines) is 5. The molecular formula is C56H111N11. The van der Waals surface area contributed by atoms with E-state index in [2.05, 4.69) is 139 Å². The lowest BCUT2D eigenvalue weighted by Gasteiger charge is -2.47. The molecule has 11 nitrogen and oxygen atoms in total. The van der Waals surface area contributed by atoms with Crippen LogP contribution in [0.15, 0.2) is 0 Å². The third-order valence-corrected chi connectivity index (χ3v) is 19.3. The standard InChI is InChI=1S/C11H22N2.C10H20N2.2C9H18N2.C9H17N.C8H16N2/c1-9(2)13-7-3-4-10-8-12-6-5-11(10)13;1-9(2)12-7-6-11-5-3-4-10(11)8-12;1-7(2)11-5-8-3-10-4-9(8)6-11;1-7(2)11-5-8-3-4-10-9(8)6-11;1-7(2)10-6-8-4-3-5-9(8)10;1-6(2)10-4-7-3-9-8(7)5-10/h9-12H,3-8H2,1-2H3;9-10H,3-8H2,1-2H3;2*7-10H,3-6H2,1-2H3;7-9H,3-6H2,1-2H3;6-9H,3-5H2,1-2H3. The molecule has 67 heavy (non-hydrogen) atoms. The first-order valence-electron chi connectivity index (χ1n) is 29.3. The molecule has 12 rings (SSSR count). The van der Waals surface area contributed by atoms with Gasteiger partial charge >= 0.3 is 0 Å². The largest absolute Gasteiger partial charge is 0.316 e. The minimum absolute atomic E-state index is 0.738. The number of piperidine rings is 2. The summed E-state index contributed by atoms with van der Waals surface area (Å²) in [5, 5.41) is 14.0. The molecule has 11 heterocycles. The maximum atomic E-state index is 3.56. The van der Waals surface area contributed by atoms with Crippen LogP contribution in [0.3, 0.4) is 0 Å². The van der Waals surface area contributed by atoms with E-state index in [4.69, 9.17) is 0 Å². The molecule has 11 atom stereocenters. The lowest BCUT2D eigenvalue weighted by molar-refractivity contribution is 0.00979. The second kappa shape index (κ2) is 26.0. The Morgan fingerprint density at radius 3 is 1.49 bits per heavy atom. The van der Waals surface area contributed by atoms with Crippen LogP contribution < -0.4 is 21.3 Å². The summed E-state index contributed by atoms with van der Waals surface area (Å²) >= 11 is 0. The molecule has 0 aromatic carbocycles. The molecule has 4 N–H and O–H groups in total. The zero-order valence-electron chi connectivity index (χ0n) is 46.0. The Labute approximate surface area is 414 Å². The fraction of sp³-hybridized carbons (Fsp3) is 1.00. The monoisotopic (exact) mass is 938 g/mol. The Hall–Kier alpha value is -0.440. The van der Waals surface area contributed by atoms with E-state index in [1.807, 2.05) is 0 Å². The summed E-state index contributed by atoms with van der Waals surface area (Å²) < 4.78 is 0. The van der Waals surface area contributed by atoms with Crippen molar-refractivity contribution in [1.29, 1.82) is 0 Å². The van der Waals surface area contributed by atoms with Crippen molar-refractivity contribution < 1.29 is 0 Å². The number of hydrogen-bond acceptors (Lipinski definition) is 11. The molecule has 11 saturated heterocycles. The van der Waals surface area contributed by atoms with Crippen LogP contribution in [0.25, 0.3) is 0 Å². The van der Waals surface area contributed by atoms with Gasteiger partial charge in [-0.2, -0.15) is 0 Å². The zero-order valence-corrected chi connectivity index (χ0v) is 46.0. The molecular weight excluding hydrogens is 827 g/mol. The number of hydrogen-bond donors (Lipinski definition) is 4. The van der Waals surface area contributed by atoms with Gasteiger partial charge in [0, 0.05) is 144 Å². The molecule has 11 unspecified atom stereocenters. The molecule has 0 bridgehead atoms. The van der Waals surface area contributed by atoms with Crippen LogP contribution in [0.2, 0.25) is 0 Å². The van der Waals surface area contributed by atoms with Gasteiger partial charge in [-0.1, -0.05) is 6.42 Å². The van der Waals surface area contributed by atoms with Crippen LogP contribution in [0, 0.1) is 35.5 Å². The van der Waals surface area contributed by atoms with Crippen molar-refractivity contribution in [2.75, 3.05) is 118 Å². The molecule has 390 valence electrons. The Balaban J connectivity index is 0.000000120. The van der Waals surface area contributed by atoms with Crippen molar-refractivity contribution in [1.82, 2.24) is 55.6 Å². The lowest BCUT2D eigenvalue weighted by atomic mass is 9.84. The third kappa shape index (κ3) is 14.6. The predicted octanol–water partition coefficient (Wildman–Crippen LogP) is 6.06. The van der Waals surface area contributed by atoms with Gasteiger partial charge < -0.3 is 26.2 Å². The number of fused-ring (bicyclic) bond motifs is 6. The molecule has 0 aromatic rings. The quantitative estimate of drug-likeness (QED) is 0.252. The highest BCUT2D eigenvalue weighted by atomic mass is 15.3. The highest BCUT2D eigenvalue weighted by Crippen LogP contribution is 2.40. The number of piperazine rings is 1. The summed E-state index contributed by atoms with van der Waals surface area (Å²) in [4.78, 5) is 18.4. The Morgan fingerprint density at radius 1 is 0.343 bits per heavy atom. The predicted molar refractivity (Wildman–Crippen MR) is 285 cm³/mol. The molecule has 1 saturated carbocycles. The van der Waals surface area contributed by atoms with E-state index in [0.717, 1.165) is 102 Å². The molecule has 1 aliphatic carbocycles. The maximum Gasteiger partial charge on any atom is 0.0247 e. The minimum atomic E-state index is 0.738. The summed E-state index contributed by atoms with van der Waals surface area (Å²) in [6.45, 7) is 51.1. The van der Waals surface area contributed by atoms with Gasteiger partial charge in [0.25, 0.3) is 0 Å². The summed E-state index contributed by atoms with van der Waals surface area (Å²) in [5.41, 5.74) is 0. The van der Waals surface area contributed by atoms with Crippen LogP contribution in [-0.4, -0.2) is 219 Å². The van der Waals surface area contributed by atoms with Crippen molar-refractivity contribution in [3.8, 4) is 0 Å². The Kier molecular flexibility index (Phi) is 21.1. The molecule has 12 aliphatic rings. The van der Waals surface area contributed by atoms with E-state index >= 15 is 0 Å². The summed E-state index contributed by atoms with van der Waals surface area (Å²) in [6, 6.07) is 8.92. The first-order valence-corrected chi connectivity index (χ1v) is 29.3. The first kappa shape index (κ1) is 54.3. The van der Waals surface area contributed by atoms with Crippen molar-refractivity contribution in [3.63, 3.8) is 0 Å². The first-order chi connectivity index (χ1) is 32.2. The van der Waals surface area contributed by atoms with E-state index in [1.165, 1.54) is 176 Å². The Bertz CT molecular complexity index is 1330. The molecule has 0 radical (unpaired) electrons. The van der Waals surface area contributed by atoms with Crippen molar-refractivity contribution in [2.45, 2.75) is 207 Å².